The summed E-state index contributed by atoms with van der Waals surface area (Å²) in [5, 5.41) is 5.80. The van der Waals surface area contributed by atoms with Gasteiger partial charge in [-0.25, -0.2) is 4.39 Å². The molecule has 2 atom stereocenters. The summed E-state index contributed by atoms with van der Waals surface area (Å²) >= 11 is 0. The molecule has 11 heteroatoms. The Bertz CT molecular complexity index is 1250. The summed E-state index contributed by atoms with van der Waals surface area (Å²) in [6, 6.07) is 2.65. The molecule has 0 aromatic heterocycles. The SMILES string of the molecule is O=C1CCC(N2Cc3c(ccc(N4CCC(O[C@H]5CC[C@H](CN6CCN(C[C@H]7CCNC7)CC6)CC5)CC4)c3F)C2=O)C(=O)N1. The van der Waals surface area contributed by atoms with E-state index in [0.717, 1.165) is 37.5 Å². The fourth-order valence-corrected chi connectivity index (χ4v) is 8.55. The number of hydrogen-bond donors (Lipinski definition) is 2. The van der Waals surface area contributed by atoms with Gasteiger partial charge in [-0.15, -0.1) is 0 Å². The molecule has 2 N–H and O–H groups in total. The van der Waals surface area contributed by atoms with Crippen LogP contribution >= 0.6 is 0 Å². The smallest absolute Gasteiger partial charge is 0.255 e. The van der Waals surface area contributed by atoms with Crippen molar-refractivity contribution in [1.82, 2.24) is 25.3 Å². The minimum absolute atomic E-state index is 0.0525. The maximum atomic E-state index is 15.8. The Kier molecular flexibility index (Phi) is 9.40. The number of anilines is 1. The number of nitrogens with zero attached hydrogens (tertiary/aromatic N) is 4. The highest BCUT2D eigenvalue weighted by molar-refractivity contribution is 6.05. The molecule has 0 bridgehead atoms. The molecule has 45 heavy (non-hydrogen) atoms. The van der Waals surface area contributed by atoms with Crippen molar-refractivity contribution in [3.05, 3.63) is 29.1 Å². The van der Waals surface area contributed by atoms with Gasteiger partial charge in [0.15, 0.2) is 5.82 Å². The van der Waals surface area contributed by atoms with E-state index in [-0.39, 0.29) is 43.1 Å². The lowest BCUT2D eigenvalue weighted by atomic mass is 9.86. The minimum Gasteiger partial charge on any atom is -0.375 e. The van der Waals surface area contributed by atoms with Gasteiger partial charge in [0.05, 0.1) is 24.4 Å². The summed E-state index contributed by atoms with van der Waals surface area (Å²) in [7, 11) is 0. The van der Waals surface area contributed by atoms with Crippen LogP contribution in [0.5, 0.6) is 0 Å². The highest BCUT2D eigenvalue weighted by Gasteiger charge is 2.41. The number of carbonyl (C=O) groups excluding carboxylic acids is 3. The predicted molar refractivity (Wildman–Crippen MR) is 168 cm³/mol. The van der Waals surface area contributed by atoms with Gasteiger partial charge in [0.2, 0.25) is 11.8 Å². The van der Waals surface area contributed by atoms with Crippen LogP contribution in [0.1, 0.15) is 73.7 Å². The number of hydrogen-bond acceptors (Lipinski definition) is 8. The topological polar surface area (TPSA) is 97.5 Å². The zero-order valence-electron chi connectivity index (χ0n) is 26.5. The zero-order chi connectivity index (χ0) is 30.9. The van der Waals surface area contributed by atoms with Crippen molar-refractivity contribution in [2.24, 2.45) is 11.8 Å². The van der Waals surface area contributed by atoms with Crippen LogP contribution in [-0.2, 0) is 20.9 Å². The van der Waals surface area contributed by atoms with Gasteiger partial charge in [0, 0.05) is 69.9 Å². The van der Waals surface area contributed by atoms with Crippen LogP contribution in [0.2, 0.25) is 0 Å². The van der Waals surface area contributed by atoms with Crippen LogP contribution in [0.25, 0.3) is 0 Å². The van der Waals surface area contributed by atoms with Gasteiger partial charge < -0.3 is 29.7 Å². The molecule has 0 radical (unpaired) electrons. The number of piperazine rings is 1. The Balaban J connectivity index is 0.837. The lowest BCUT2D eigenvalue weighted by Gasteiger charge is -2.40. The molecule has 1 aliphatic carbocycles. The van der Waals surface area contributed by atoms with E-state index >= 15 is 4.39 Å². The van der Waals surface area contributed by atoms with E-state index in [0.29, 0.717) is 36.0 Å². The summed E-state index contributed by atoms with van der Waals surface area (Å²) in [5.41, 5.74) is 1.18. The number of piperidine rings is 2. The van der Waals surface area contributed by atoms with E-state index in [1.807, 2.05) is 0 Å². The summed E-state index contributed by atoms with van der Waals surface area (Å²) in [6.45, 7) is 11.2. The van der Waals surface area contributed by atoms with E-state index in [1.54, 1.807) is 12.1 Å². The number of ether oxygens (including phenoxy) is 1. The Morgan fingerprint density at radius 2 is 1.49 bits per heavy atom. The molecule has 1 unspecified atom stereocenters. The lowest BCUT2D eigenvalue weighted by Crippen LogP contribution is -2.52. The first-order valence-corrected chi connectivity index (χ1v) is 17.4. The molecule has 10 nitrogen and oxygen atoms in total. The first-order valence-electron chi connectivity index (χ1n) is 17.4. The van der Waals surface area contributed by atoms with Crippen molar-refractivity contribution < 1.29 is 23.5 Å². The third-order valence-corrected chi connectivity index (χ3v) is 11.3. The van der Waals surface area contributed by atoms with E-state index in [4.69, 9.17) is 4.74 Å². The lowest BCUT2D eigenvalue weighted by molar-refractivity contribution is -0.136. The maximum absolute atomic E-state index is 15.8. The Hall–Kier alpha value is -2.60. The fourth-order valence-electron chi connectivity index (χ4n) is 8.55. The van der Waals surface area contributed by atoms with Crippen LogP contribution in [0.15, 0.2) is 12.1 Å². The number of benzene rings is 1. The molecule has 3 amide bonds. The second-order valence-electron chi connectivity index (χ2n) is 14.3. The highest BCUT2D eigenvalue weighted by atomic mass is 19.1. The van der Waals surface area contributed by atoms with E-state index < -0.39 is 11.9 Å². The average Bonchev–Trinajstić information content (AvgIpc) is 3.68. The average molecular weight is 625 g/mol. The van der Waals surface area contributed by atoms with Gasteiger partial charge >= 0.3 is 0 Å². The van der Waals surface area contributed by atoms with Crippen LogP contribution in [-0.4, -0.2) is 116 Å². The molecule has 246 valence electrons. The summed E-state index contributed by atoms with van der Waals surface area (Å²) < 4.78 is 22.4. The summed E-state index contributed by atoms with van der Waals surface area (Å²) in [4.78, 5) is 45.8. The molecule has 5 fully saturated rings. The van der Waals surface area contributed by atoms with Gasteiger partial charge in [-0.1, -0.05) is 0 Å². The molecule has 5 aliphatic heterocycles. The Morgan fingerprint density at radius 1 is 0.800 bits per heavy atom. The second kappa shape index (κ2) is 13.6. The van der Waals surface area contributed by atoms with E-state index in [9.17, 15) is 14.4 Å². The number of rotatable bonds is 8. The zero-order valence-corrected chi connectivity index (χ0v) is 26.5. The number of amides is 3. The molecule has 4 saturated heterocycles. The van der Waals surface area contributed by atoms with Gasteiger partial charge in [-0.2, -0.15) is 0 Å². The summed E-state index contributed by atoms with van der Waals surface area (Å²) in [6.07, 6.45) is 8.78. The largest absolute Gasteiger partial charge is 0.375 e. The quantitative estimate of drug-likeness (QED) is 0.426. The number of nitrogens with one attached hydrogen (secondary N) is 2. The van der Waals surface area contributed by atoms with Crippen molar-refractivity contribution in [1.29, 1.82) is 0 Å². The van der Waals surface area contributed by atoms with Crippen LogP contribution in [0, 0.1) is 17.7 Å². The van der Waals surface area contributed by atoms with Crippen molar-refractivity contribution in [3.8, 4) is 0 Å². The molecular weight excluding hydrogens is 575 g/mol. The normalized spacial score (nSPS) is 30.6. The predicted octanol–water partition coefficient (Wildman–Crippen LogP) is 2.36. The number of fused-ring (bicyclic) bond motifs is 1. The Labute approximate surface area is 266 Å². The van der Waals surface area contributed by atoms with E-state index in [2.05, 4.69) is 25.3 Å². The van der Waals surface area contributed by atoms with Crippen LogP contribution in [0.4, 0.5) is 10.1 Å². The minimum atomic E-state index is -0.742. The molecule has 5 heterocycles. The maximum Gasteiger partial charge on any atom is 0.255 e. The fraction of sp³-hybridized carbons (Fsp3) is 0.735. The number of imide groups is 1. The third kappa shape index (κ3) is 6.92. The molecular formula is C34H49FN6O4. The van der Waals surface area contributed by atoms with E-state index in [1.165, 1.54) is 76.5 Å². The second-order valence-corrected chi connectivity index (χ2v) is 14.3. The monoisotopic (exact) mass is 624 g/mol. The van der Waals surface area contributed by atoms with Crippen molar-refractivity contribution in [2.75, 3.05) is 70.3 Å². The molecule has 6 aliphatic rings. The van der Waals surface area contributed by atoms with Gasteiger partial charge in [0.25, 0.3) is 5.91 Å². The standard InChI is InChI=1S/C34H49FN6O4/c35-32-28-22-41(30-7-8-31(42)37-33(30)43)34(44)27(28)5-6-29(32)40-13-10-26(11-14-40)45-25-3-1-23(2-4-25)20-38-15-17-39(18-16-38)21-24-9-12-36-19-24/h5-6,23-26,30,36H,1-4,7-22H2,(H,37,42,43)/t23-,24-,25-,30?/m0/s1. The van der Waals surface area contributed by atoms with Gasteiger partial charge in [-0.3, -0.25) is 19.7 Å². The van der Waals surface area contributed by atoms with Gasteiger partial charge in [0.1, 0.15) is 6.04 Å². The third-order valence-electron chi connectivity index (χ3n) is 11.3. The van der Waals surface area contributed by atoms with Crippen molar-refractivity contribution >= 4 is 23.4 Å². The first-order chi connectivity index (χ1) is 21.9. The molecule has 1 saturated carbocycles. The number of halogens is 1. The summed E-state index contributed by atoms with van der Waals surface area (Å²) in [5.74, 6) is 0.0813. The van der Waals surface area contributed by atoms with Crippen molar-refractivity contribution in [3.63, 3.8) is 0 Å². The molecule has 1 aromatic carbocycles. The molecule has 1 aromatic rings. The van der Waals surface area contributed by atoms with Crippen molar-refractivity contribution in [2.45, 2.75) is 82.6 Å². The molecule has 0 spiro atoms. The Morgan fingerprint density at radius 3 is 2.16 bits per heavy atom. The number of carbonyl (C=O) groups is 3. The molecule has 7 rings (SSSR count). The van der Waals surface area contributed by atoms with Crippen LogP contribution in [0.3, 0.4) is 0 Å². The van der Waals surface area contributed by atoms with Crippen LogP contribution < -0.4 is 15.5 Å². The van der Waals surface area contributed by atoms with Gasteiger partial charge in [-0.05, 0) is 88.4 Å². The highest BCUT2D eigenvalue weighted by Crippen LogP contribution is 2.36. The first kappa shape index (κ1) is 31.0.